The van der Waals surface area contributed by atoms with Crippen molar-refractivity contribution in [1.82, 2.24) is 20.2 Å². The molecule has 2 aromatic heterocycles. The van der Waals surface area contributed by atoms with E-state index in [9.17, 15) is 4.79 Å². The van der Waals surface area contributed by atoms with Crippen LogP contribution in [0, 0.1) is 6.92 Å². The molecule has 0 aliphatic carbocycles. The molecule has 0 radical (unpaired) electrons. The quantitative estimate of drug-likeness (QED) is 0.863. The number of H-pyrrole nitrogens is 1. The number of thiazole rings is 1. The zero-order valence-electron chi connectivity index (χ0n) is 12.5. The Labute approximate surface area is 146 Å². The maximum atomic E-state index is 12.5. The lowest BCUT2D eigenvalue weighted by Gasteiger charge is -2.33. The summed E-state index contributed by atoms with van der Waals surface area (Å²) in [6.45, 7) is 6.51. The molecule has 1 aliphatic rings. The van der Waals surface area contributed by atoms with Gasteiger partial charge in [0.2, 0.25) is 0 Å². The molecule has 1 fully saturated rings. The third-order valence-electron chi connectivity index (χ3n) is 3.59. The molecule has 0 aromatic carbocycles. The first-order valence-corrected chi connectivity index (χ1v) is 7.65. The van der Waals surface area contributed by atoms with E-state index in [0.717, 1.165) is 35.9 Å². The molecule has 2 aromatic rings. The number of nitrogens with one attached hydrogen (secondary N) is 2. The second kappa shape index (κ2) is 7.97. The molecule has 0 bridgehead atoms. The van der Waals surface area contributed by atoms with E-state index in [-0.39, 0.29) is 36.8 Å². The molecule has 1 aliphatic heterocycles. The van der Waals surface area contributed by atoms with Crippen LogP contribution in [0.2, 0.25) is 0 Å². The molecule has 1 atom stereocenters. The standard InChI is InChI=1S/C14H18N4OS.2ClH/c1-9-6-15-3-4-18(9)14(19)12-5-11(7-16-12)13-8-20-10(2)17-13;;/h5,7-9,15-16H,3-4,6H2,1-2H3;2*1H/t9-;;/m0../s1. The van der Waals surface area contributed by atoms with Gasteiger partial charge in [-0.1, -0.05) is 0 Å². The van der Waals surface area contributed by atoms with E-state index < -0.39 is 0 Å². The fourth-order valence-electron chi connectivity index (χ4n) is 2.46. The summed E-state index contributed by atoms with van der Waals surface area (Å²) in [4.78, 5) is 22.0. The Morgan fingerprint density at radius 2 is 2.23 bits per heavy atom. The molecule has 0 unspecified atom stereocenters. The molecule has 3 rings (SSSR count). The highest BCUT2D eigenvalue weighted by Crippen LogP contribution is 2.23. The van der Waals surface area contributed by atoms with E-state index in [0.29, 0.717) is 5.69 Å². The largest absolute Gasteiger partial charge is 0.357 e. The van der Waals surface area contributed by atoms with Gasteiger partial charge < -0.3 is 15.2 Å². The number of aryl methyl sites for hydroxylation is 1. The Balaban J connectivity index is 0.00000121. The molecule has 22 heavy (non-hydrogen) atoms. The normalized spacial score (nSPS) is 17.5. The van der Waals surface area contributed by atoms with Gasteiger partial charge in [0, 0.05) is 42.8 Å². The zero-order valence-corrected chi connectivity index (χ0v) is 14.9. The Morgan fingerprint density at radius 1 is 1.45 bits per heavy atom. The Kier molecular flexibility index (Phi) is 6.87. The van der Waals surface area contributed by atoms with Crippen molar-refractivity contribution in [2.45, 2.75) is 19.9 Å². The van der Waals surface area contributed by atoms with E-state index in [1.165, 1.54) is 0 Å². The highest BCUT2D eigenvalue weighted by molar-refractivity contribution is 7.09. The van der Waals surface area contributed by atoms with Crippen molar-refractivity contribution in [2.24, 2.45) is 0 Å². The summed E-state index contributed by atoms with van der Waals surface area (Å²) in [6, 6.07) is 2.12. The topological polar surface area (TPSA) is 61.0 Å². The summed E-state index contributed by atoms with van der Waals surface area (Å²) in [5.74, 6) is 0.0669. The molecular weight excluding hydrogens is 343 g/mol. The van der Waals surface area contributed by atoms with E-state index in [1.807, 2.05) is 29.5 Å². The lowest BCUT2D eigenvalue weighted by Crippen LogP contribution is -2.52. The van der Waals surface area contributed by atoms with Gasteiger partial charge in [0.05, 0.1) is 10.7 Å². The van der Waals surface area contributed by atoms with Crippen LogP contribution in [0.15, 0.2) is 17.6 Å². The predicted molar refractivity (Wildman–Crippen MR) is 94.5 cm³/mol. The third-order valence-corrected chi connectivity index (χ3v) is 4.36. The van der Waals surface area contributed by atoms with Crippen molar-refractivity contribution in [1.29, 1.82) is 0 Å². The van der Waals surface area contributed by atoms with Crippen LogP contribution in [0.3, 0.4) is 0 Å². The van der Waals surface area contributed by atoms with Gasteiger partial charge in [0.15, 0.2) is 0 Å². The van der Waals surface area contributed by atoms with Crippen molar-refractivity contribution in [3.63, 3.8) is 0 Å². The molecule has 8 heteroatoms. The molecule has 122 valence electrons. The maximum Gasteiger partial charge on any atom is 0.270 e. The van der Waals surface area contributed by atoms with Gasteiger partial charge in [0.1, 0.15) is 5.69 Å². The van der Waals surface area contributed by atoms with Crippen LogP contribution in [0.25, 0.3) is 11.3 Å². The van der Waals surface area contributed by atoms with E-state index >= 15 is 0 Å². The number of aromatic nitrogens is 2. The van der Waals surface area contributed by atoms with Crippen LogP contribution in [-0.4, -0.2) is 46.5 Å². The zero-order chi connectivity index (χ0) is 14.1. The fraction of sp³-hybridized carbons (Fsp3) is 0.429. The van der Waals surface area contributed by atoms with Crippen LogP contribution in [0.5, 0.6) is 0 Å². The van der Waals surface area contributed by atoms with Crippen molar-refractivity contribution >= 4 is 42.1 Å². The summed E-state index contributed by atoms with van der Waals surface area (Å²) >= 11 is 1.62. The summed E-state index contributed by atoms with van der Waals surface area (Å²) in [5, 5.41) is 6.34. The Bertz CT molecular complexity index is 628. The number of piperazine rings is 1. The molecule has 0 saturated carbocycles. The second-order valence-corrected chi connectivity index (χ2v) is 6.17. The highest BCUT2D eigenvalue weighted by atomic mass is 35.5. The first kappa shape index (κ1) is 19.0. The number of carbonyl (C=O) groups is 1. The highest BCUT2D eigenvalue weighted by Gasteiger charge is 2.25. The first-order valence-electron chi connectivity index (χ1n) is 6.78. The van der Waals surface area contributed by atoms with Gasteiger partial charge >= 0.3 is 0 Å². The molecular formula is C14H20Cl2N4OS. The first-order chi connectivity index (χ1) is 9.65. The average Bonchev–Trinajstić information content (AvgIpc) is 3.07. The molecule has 1 saturated heterocycles. The number of aromatic amines is 1. The number of carbonyl (C=O) groups excluding carboxylic acids is 1. The number of halogens is 2. The number of nitrogens with zero attached hydrogens (tertiary/aromatic N) is 2. The molecule has 1 amide bonds. The van der Waals surface area contributed by atoms with E-state index in [2.05, 4.69) is 22.2 Å². The van der Waals surface area contributed by atoms with E-state index in [1.54, 1.807) is 11.3 Å². The monoisotopic (exact) mass is 362 g/mol. The third kappa shape index (κ3) is 3.81. The van der Waals surface area contributed by atoms with Gasteiger partial charge in [-0.25, -0.2) is 4.98 Å². The van der Waals surface area contributed by atoms with Gasteiger partial charge in [-0.3, -0.25) is 4.79 Å². The van der Waals surface area contributed by atoms with Crippen molar-refractivity contribution in [3.05, 3.63) is 28.3 Å². The molecule has 3 heterocycles. The minimum Gasteiger partial charge on any atom is -0.357 e. The fourth-order valence-corrected chi connectivity index (χ4v) is 3.08. The van der Waals surface area contributed by atoms with Crippen LogP contribution in [0.1, 0.15) is 22.4 Å². The van der Waals surface area contributed by atoms with Crippen LogP contribution >= 0.6 is 36.2 Å². The Morgan fingerprint density at radius 3 is 2.86 bits per heavy atom. The van der Waals surface area contributed by atoms with Gasteiger partial charge in [-0.2, -0.15) is 0 Å². The van der Waals surface area contributed by atoms with Crippen LogP contribution < -0.4 is 5.32 Å². The molecule has 2 N–H and O–H groups in total. The maximum absolute atomic E-state index is 12.5. The summed E-state index contributed by atoms with van der Waals surface area (Å²) in [5.41, 5.74) is 2.54. The summed E-state index contributed by atoms with van der Waals surface area (Å²) in [6.07, 6.45) is 1.86. The minimum absolute atomic E-state index is 0. The van der Waals surface area contributed by atoms with E-state index in [4.69, 9.17) is 0 Å². The second-order valence-electron chi connectivity index (χ2n) is 5.11. The van der Waals surface area contributed by atoms with Crippen molar-refractivity contribution in [2.75, 3.05) is 19.6 Å². The summed E-state index contributed by atoms with van der Waals surface area (Å²) in [7, 11) is 0. The smallest absolute Gasteiger partial charge is 0.270 e. The van der Waals surface area contributed by atoms with Gasteiger partial charge in [-0.15, -0.1) is 36.2 Å². The Hall–Kier alpha value is -1.08. The molecule has 0 spiro atoms. The average molecular weight is 363 g/mol. The van der Waals surface area contributed by atoms with Crippen molar-refractivity contribution in [3.8, 4) is 11.3 Å². The predicted octanol–water partition coefficient (Wildman–Crippen LogP) is 2.72. The number of rotatable bonds is 2. The number of hydrogen-bond acceptors (Lipinski definition) is 4. The van der Waals surface area contributed by atoms with Gasteiger partial charge in [-0.05, 0) is 19.9 Å². The number of amides is 1. The lowest BCUT2D eigenvalue weighted by atomic mass is 10.2. The lowest BCUT2D eigenvalue weighted by molar-refractivity contribution is 0.0650. The minimum atomic E-state index is 0. The summed E-state index contributed by atoms with van der Waals surface area (Å²) < 4.78 is 0. The molecule has 5 nitrogen and oxygen atoms in total. The SMILES string of the molecule is Cc1nc(-c2c[nH]c(C(=O)N3CCNC[C@@H]3C)c2)cs1.Cl.Cl. The van der Waals surface area contributed by atoms with Crippen LogP contribution in [0.4, 0.5) is 0 Å². The number of hydrogen-bond donors (Lipinski definition) is 2. The van der Waals surface area contributed by atoms with Gasteiger partial charge in [0.25, 0.3) is 5.91 Å². The van der Waals surface area contributed by atoms with Crippen LogP contribution in [-0.2, 0) is 0 Å². The van der Waals surface area contributed by atoms with Crippen molar-refractivity contribution < 1.29 is 4.79 Å².